The molecular weight excluding hydrogens is 210 g/mol. The molecule has 3 nitrogen and oxygen atoms in total. The van der Waals surface area contributed by atoms with Gasteiger partial charge in [-0.05, 0) is 6.16 Å². The molecule has 0 N–H and O–H groups in total. The maximum Gasteiger partial charge on any atom is 3.00 e. The third-order valence-corrected chi connectivity index (χ3v) is 0. The summed E-state index contributed by atoms with van der Waals surface area (Å²) in [7, 11) is 0. The van der Waals surface area contributed by atoms with Gasteiger partial charge in [0.25, 0.3) is 0 Å². The minimum Gasteiger partial charge on any atom is -0.652 e. The normalized spacial score (nSPS) is 4.80. The van der Waals surface area contributed by atoms with Gasteiger partial charge in [-0.25, -0.2) is 0 Å². The smallest absolute Gasteiger partial charge is 0.652 e. The van der Waals surface area contributed by atoms with Crippen molar-refractivity contribution >= 4 is 6.16 Å². The van der Waals surface area contributed by atoms with Gasteiger partial charge in [0.2, 0.25) is 0 Å². The first-order valence-electron chi connectivity index (χ1n) is 0.612. The van der Waals surface area contributed by atoms with E-state index >= 15 is 0 Å². The van der Waals surface area contributed by atoms with Crippen molar-refractivity contribution in [3.05, 3.63) is 0 Å². The zero-order valence-electron chi connectivity index (χ0n) is 2.13. The van der Waals surface area contributed by atoms with Gasteiger partial charge in [-0.2, -0.15) is 0 Å². The molecule has 0 saturated carbocycles. The van der Waals surface area contributed by atoms with E-state index in [-0.39, 0.29) is 40.4 Å². The summed E-state index contributed by atoms with van der Waals surface area (Å²) < 4.78 is 0. The van der Waals surface area contributed by atoms with Crippen molar-refractivity contribution in [1.82, 2.24) is 0 Å². The number of carbonyl (C=O) groups is 1. The average Bonchev–Trinajstić information content (AvgIpc) is 0.811. The van der Waals surface area contributed by atoms with Crippen LogP contribution in [0.3, 0.4) is 0 Å². The van der Waals surface area contributed by atoms with Crippen molar-refractivity contribution in [2.75, 3.05) is 0 Å². The van der Waals surface area contributed by atoms with Gasteiger partial charge in [0.1, 0.15) is 0 Å². The van der Waals surface area contributed by atoms with Crippen LogP contribution < -0.4 is 10.2 Å². The van der Waals surface area contributed by atoms with Gasteiger partial charge < -0.3 is 15.0 Å². The molecule has 0 amide bonds. The molecule has 0 aromatic rings. The van der Waals surface area contributed by atoms with Gasteiger partial charge >= 0.3 is 40.4 Å². The van der Waals surface area contributed by atoms with E-state index in [9.17, 15) is 0 Å². The van der Waals surface area contributed by atoms with Crippen LogP contribution in [0.25, 0.3) is 0 Å². The average molecular weight is 210 g/mol. The van der Waals surface area contributed by atoms with E-state index < -0.39 is 6.16 Å². The Morgan fingerprint density at radius 2 is 1.40 bits per heavy atom. The van der Waals surface area contributed by atoms with Gasteiger partial charge in [0.05, 0.1) is 0 Å². The largest absolute Gasteiger partial charge is 3.00 e. The standard InChI is InChI=1S/CH2O3.Sm/c2-1(3)4;/h(H2,2,3,4);/q;+3/p-2. The molecule has 0 saturated heterocycles. The molecule has 4 heteroatoms. The van der Waals surface area contributed by atoms with Crippen LogP contribution in [-0.4, -0.2) is 6.16 Å². The third-order valence-electron chi connectivity index (χ3n) is 0. The SMILES string of the molecule is O=C([O-])[O-].[Sm+3]. The predicted octanol–water partition coefficient (Wildman–Crippen LogP) is -2.45. The second kappa shape index (κ2) is 4.61. The second-order valence-corrected chi connectivity index (χ2v) is 0.250. The van der Waals surface area contributed by atoms with E-state index in [0.717, 1.165) is 0 Å². The zero-order valence-corrected chi connectivity index (χ0v) is 4.75. The first-order chi connectivity index (χ1) is 1.73. The van der Waals surface area contributed by atoms with Gasteiger partial charge in [-0.3, -0.25) is 0 Å². The van der Waals surface area contributed by atoms with Crippen LogP contribution in [-0.2, 0) is 0 Å². The molecule has 0 atom stereocenters. The Labute approximate surface area is 61.1 Å². The maximum absolute atomic E-state index is 8.33. The van der Waals surface area contributed by atoms with Crippen LogP contribution in [0.2, 0.25) is 0 Å². The van der Waals surface area contributed by atoms with Crippen LogP contribution >= 0.6 is 0 Å². The fourth-order valence-corrected chi connectivity index (χ4v) is 0. The van der Waals surface area contributed by atoms with Crippen molar-refractivity contribution in [2.45, 2.75) is 0 Å². The molecule has 0 aromatic heterocycles. The summed E-state index contributed by atoms with van der Waals surface area (Å²) in [5, 5.41) is 16.7. The molecule has 1 radical (unpaired) electrons. The predicted molar refractivity (Wildman–Crippen MR) is 5.40 cm³/mol. The fourth-order valence-electron chi connectivity index (χ4n) is 0. The Morgan fingerprint density at radius 3 is 1.40 bits per heavy atom. The van der Waals surface area contributed by atoms with E-state index in [0.29, 0.717) is 0 Å². The van der Waals surface area contributed by atoms with Gasteiger partial charge in [-0.1, -0.05) is 0 Å². The molecule has 0 aromatic carbocycles. The van der Waals surface area contributed by atoms with E-state index in [2.05, 4.69) is 0 Å². The molecule has 0 rings (SSSR count). The molecule has 0 bridgehead atoms. The molecule has 0 aliphatic carbocycles. The van der Waals surface area contributed by atoms with E-state index in [1.54, 1.807) is 0 Å². The summed E-state index contributed by atoms with van der Waals surface area (Å²) in [6, 6.07) is 0. The molecule has 0 unspecified atom stereocenters. The number of carbonyl (C=O) groups excluding carboxylic acids is 1. The number of rotatable bonds is 0. The number of hydrogen-bond donors (Lipinski definition) is 0. The zero-order chi connectivity index (χ0) is 3.58. The third kappa shape index (κ3) is 84.9. The van der Waals surface area contributed by atoms with Crippen LogP contribution in [0.5, 0.6) is 0 Å². The van der Waals surface area contributed by atoms with Crippen LogP contribution in [0.1, 0.15) is 0 Å². The summed E-state index contributed by atoms with van der Waals surface area (Å²) in [5.41, 5.74) is 0. The van der Waals surface area contributed by atoms with E-state index in [1.165, 1.54) is 0 Å². The topological polar surface area (TPSA) is 63.2 Å². The Morgan fingerprint density at radius 1 is 1.40 bits per heavy atom. The van der Waals surface area contributed by atoms with Crippen molar-refractivity contribution in [3.63, 3.8) is 0 Å². The number of hydrogen-bond acceptors (Lipinski definition) is 3. The molecule has 0 heterocycles. The van der Waals surface area contributed by atoms with Gasteiger partial charge in [0.15, 0.2) is 0 Å². The van der Waals surface area contributed by atoms with Crippen molar-refractivity contribution in [1.29, 1.82) is 0 Å². The summed E-state index contributed by atoms with van der Waals surface area (Å²) in [4.78, 5) is 8.33. The number of carboxylic acid groups (broad SMARTS) is 2. The Balaban J connectivity index is 0. The molecule has 27 valence electrons. The first kappa shape index (κ1) is 9.15. The van der Waals surface area contributed by atoms with Crippen molar-refractivity contribution in [2.24, 2.45) is 0 Å². The van der Waals surface area contributed by atoms with E-state index in [4.69, 9.17) is 15.0 Å². The minimum absolute atomic E-state index is 0. The summed E-state index contributed by atoms with van der Waals surface area (Å²) >= 11 is 0. The summed E-state index contributed by atoms with van der Waals surface area (Å²) in [6.07, 6.45) is -2.33. The molecule has 0 spiro atoms. The molecule has 0 aliphatic rings. The molecule has 5 heavy (non-hydrogen) atoms. The Hall–Kier alpha value is 0.608. The van der Waals surface area contributed by atoms with Crippen LogP contribution in [0, 0.1) is 40.4 Å². The molecular formula is CO3Sm+. The summed E-state index contributed by atoms with van der Waals surface area (Å²) in [6.45, 7) is 0. The van der Waals surface area contributed by atoms with Crippen LogP contribution in [0.15, 0.2) is 0 Å². The van der Waals surface area contributed by atoms with Crippen molar-refractivity contribution < 1.29 is 55.4 Å². The quantitative estimate of drug-likeness (QED) is 0.446. The second-order valence-electron chi connectivity index (χ2n) is 0.250. The molecule has 0 fully saturated rings. The van der Waals surface area contributed by atoms with Gasteiger partial charge in [-0.15, -0.1) is 0 Å². The Kier molecular flexibility index (Phi) is 8.43. The monoisotopic (exact) mass is 212 g/mol. The maximum atomic E-state index is 8.33. The Bertz CT molecular complexity index is 29.9. The fraction of sp³-hybridized carbons (Fsp3) is 0. The van der Waals surface area contributed by atoms with E-state index in [1.807, 2.05) is 0 Å². The minimum atomic E-state index is -2.33. The summed E-state index contributed by atoms with van der Waals surface area (Å²) in [5.74, 6) is 0. The van der Waals surface area contributed by atoms with Crippen molar-refractivity contribution in [3.8, 4) is 0 Å². The van der Waals surface area contributed by atoms with Crippen LogP contribution in [0.4, 0.5) is 4.79 Å². The van der Waals surface area contributed by atoms with Gasteiger partial charge in [0, 0.05) is 0 Å². The first-order valence-corrected chi connectivity index (χ1v) is 0.612. The molecule has 0 aliphatic heterocycles.